The zero-order valence-electron chi connectivity index (χ0n) is 8.85. The summed E-state index contributed by atoms with van der Waals surface area (Å²) < 4.78 is 7.86. The third-order valence-corrected chi connectivity index (χ3v) is 2.62. The van der Waals surface area contributed by atoms with E-state index in [1.807, 2.05) is 6.07 Å². The van der Waals surface area contributed by atoms with E-state index in [1.54, 1.807) is 10.7 Å². The summed E-state index contributed by atoms with van der Waals surface area (Å²) in [5.41, 5.74) is 1.28. The molecular weight excluding hydrogens is 274 g/mol. The first kappa shape index (κ1) is 11.3. The second kappa shape index (κ2) is 4.80. The summed E-state index contributed by atoms with van der Waals surface area (Å²) >= 11 is 3.25. The predicted octanol–water partition coefficient (Wildman–Crippen LogP) is 2.20. The summed E-state index contributed by atoms with van der Waals surface area (Å²) in [5.74, 6) is 0.661. The molecule has 0 fully saturated rings. The Labute approximate surface area is 101 Å². The van der Waals surface area contributed by atoms with Crippen LogP contribution in [-0.4, -0.2) is 20.1 Å². The van der Waals surface area contributed by atoms with Gasteiger partial charge in [-0.25, -0.2) is 4.68 Å². The Morgan fingerprint density at radius 2 is 2.31 bits per heavy atom. The minimum Gasteiger partial charge on any atom is -0.448 e. The summed E-state index contributed by atoms with van der Waals surface area (Å²) in [4.78, 5) is 0. The van der Waals surface area contributed by atoms with Gasteiger partial charge >= 0.3 is 0 Å². The van der Waals surface area contributed by atoms with Crippen molar-refractivity contribution in [1.82, 2.24) is 15.0 Å². The van der Waals surface area contributed by atoms with Gasteiger partial charge in [0.1, 0.15) is 11.4 Å². The molecule has 1 N–H and O–H groups in total. The molecule has 0 saturated heterocycles. The van der Waals surface area contributed by atoms with Gasteiger partial charge in [0.05, 0.1) is 6.61 Å². The van der Waals surface area contributed by atoms with E-state index < -0.39 is 0 Å². The lowest BCUT2D eigenvalue weighted by Crippen LogP contribution is -2.01. The van der Waals surface area contributed by atoms with E-state index in [0.717, 1.165) is 18.7 Å². The highest BCUT2D eigenvalue weighted by molar-refractivity contribution is 9.10. The first-order valence-corrected chi connectivity index (χ1v) is 5.84. The Balaban J connectivity index is 2.47. The molecule has 5 nitrogen and oxygen atoms in total. The average Bonchev–Trinajstić information content (AvgIpc) is 2.85. The maximum Gasteiger partial charge on any atom is 0.169 e. The highest BCUT2D eigenvalue weighted by Gasteiger charge is 2.16. The summed E-state index contributed by atoms with van der Waals surface area (Å²) in [6.07, 6.45) is 0.948. The van der Waals surface area contributed by atoms with Gasteiger partial charge in [0, 0.05) is 6.54 Å². The van der Waals surface area contributed by atoms with Crippen LogP contribution < -0.4 is 0 Å². The molecule has 0 amide bonds. The van der Waals surface area contributed by atoms with E-state index in [0.29, 0.717) is 16.1 Å². The number of aryl methyl sites for hydroxylation is 1. The Hall–Kier alpha value is -1.14. The third-order valence-electron chi connectivity index (χ3n) is 2.20. The van der Waals surface area contributed by atoms with E-state index in [-0.39, 0.29) is 6.61 Å². The fourth-order valence-electron chi connectivity index (χ4n) is 1.53. The van der Waals surface area contributed by atoms with Gasteiger partial charge in [-0.2, -0.15) is 0 Å². The van der Waals surface area contributed by atoms with Gasteiger partial charge in [0.15, 0.2) is 10.4 Å². The number of aliphatic hydroxyl groups is 1. The number of furan rings is 1. The van der Waals surface area contributed by atoms with E-state index >= 15 is 0 Å². The number of rotatable bonds is 4. The minimum absolute atomic E-state index is 0.142. The van der Waals surface area contributed by atoms with Gasteiger partial charge in [0.25, 0.3) is 0 Å². The zero-order valence-corrected chi connectivity index (χ0v) is 10.4. The van der Waals surface area contributed by atoms with Crippen molar-refractivity contribution < 1.29 is 9.52 Å². The monoisotopic (exact) mass is 285 g/mol. The molecule has 16 heavy (non-hydrogen) atoms. The van der Waals surface area contributed by atoms with E-state index in [2.05, 4.69) is 33.2 Å². The van der Waals surface area contributed by atoms with E-state index in [4.69, 9.17) is 4.42 Å². The molecule has 6 heteroatoms. The Kier molecular flexibility index (Phi) is 3.40. The Morgan fingerprint density at radius 1 is 1.50 bits per heavy atom. The number of aliphatic hydroxyl groups excluding tert-OH is 1. The van der Waals surface area contributed by atoms with Crippen molar-refractivity contribution in [3.63, 3.8) is 0 Å². The topological polar surface area (TPSA) is 64.1 Å². The maximum atomic E-state index is 9.20. The van der Waals surface area contributed by atoms with Crippen LogP contribution in [0.4, 0.5) is 0 Å². The van der Waals surface area contributed by atoms with Crippen molar-refractivity contribution in [2.75, 3.05) is 0 Å². The van der Waals surface area contributed by atoms with Crippen LogP contribution in [0.5, 0.6) is 0 Å². The number of aromatic nitrogens is 3. The first-order chi connectivity index (χ1) is 7.76. The van der Waals surface area contributed by atoms with Crippen LogP contribution in [0, 0.1) is 0 Å². The molecule has 0 bridgehead atoms. The SMILES string of the molecule is CCCn1nnc(CO)c1-c1ccc(Br)o1. The van der Waals surface area contributed by atoms with Gasteiger partial charge in [0.2, 0.25) is 0 Å². The largest absolute Gasteiger partial charge is 0.448 e. The number of hydrogen-bond acceptors (Lipinski definition) is 4. The van der Waals surface area contributed by atoms with Crippen molar-refractivity contribution in [1.29, 1.82) is 0 Å². The van der Waals surface area contributed by atoms with Gasteiger partial charge in [-0.15, -0.1) is 5.10 Å². The number of halogens is 1. The van der Waals surface area contributed by atoms with Crippen molar-refractivity contribution >= 4 is 15.9 Å². The standard InChI is InChI=1S/C10H12BrN3O2/c1-2-5-14-10(7(6-15)12-13-14)8-3-4-9(11)16-8/h3-4,15H,2,5-6H2,1H3. The van der Waals surface area contributed by atoms with Crippen LogP contribution >= 0.6 is 15.9 Å². The maximum absolute atomic E-state index is 9.20. The van der Waals surface area contributed by atoms with Gasteiger partial charge in [-0.1, -0.05) is 12.1 Å². The highest BCUT2D eigenvalue weighted by Crippen LogP contribution is 2.27. The highest BCUT2D eigenvalue weighted by atomic mass is 79.9. The molecule has 86 valence electrons. The molecule has 2 rings (SSSR count). The van der Waals surface area contributed by atoms with Gasteiger partial charge in [-0.05, 0) is 34.5 Å². The molecule has 2 heterocycles. The summed E-state index contributed by atoms with van der Waals surface area (Å²) in [6, 6.07) is 3.63. The molecule has 0 aliphatic carbocycles. The first-order valence-electron chi connectivity index (χ1n) is 5.05. The third kappa shape index (κ3) is 2.03. The van der Waals surface area contributed by atoms with Crippen molar-refractivity contribution in [3.8, 4) is 11.5 Å². The smallest absolute Gasteiger partial charge is 0.169 e. The minimum atomic E-state index is -0.142. The molecule has 0 aliphatic rings. The fraction of sp³-hybridized carbons (Fsp3) is 0.400. The average molecular weight is 286 g/mol. The lowest BCUT2D eigenvalue weighted by atomic mass is 10.2. The summed E-state index contributed by atoms with van der Waals surface area (Å²) in [7, 11) is 0. The van der Waals surface area contributed by atoms with Crippen molar-refractivity contribution in [3.05, 3.63) is 22.5 Å². The quantitative estimate of drug-likeness (QED) is 0.935. The van der Waals surface area contributed by atoms with Crippen LogP contribution in [0.25, 0.3) is 11.5 Å². The number of hydrogen-bond donors (Lipinski definition) is 1. The molecule has 0 saturated carbocycles. The second-order valence-corrected chi connectivity index (χ2v) is 4.15. The van der Waals surface area contributed by atoms with Crippen LogP contribution in [0.15, 0.2) is 21.2 Å². The molecule has 0 unspecified atom stereocenters. The molecule has 0 radical (unpaired) electrons. The lowest BCUT2D eigenvalue weighted by Gasteiger charge is -2.02. The summed E-state index contributed by atoms with van der Waals surface area (Å²) in [5, 5.41) is 17.1. The molecule has 0 atom stereocenters. The Bertz CT molecular complexity index is 478. The molecule has 0 aliphatic heterocycles. The predicted molar refractivity (Wildman–Crippen MR) is 61.6 cm³/mol. The lowest BCUT2D eigenvalue weighted by molar-refractivity contribution is 0.277. The molecule has 2 aromatic heterocycles. The number of nitrogens with zero attached hydrogens (tertiary/aromatic N) is 3. The molecule has 2 aromatic rings. The van der Waals surface area contributed by atoms with Crippen LogP contribution in [0.3, 0.4) is 0 Å². The van der Waals surface area contributed by atoms with E-state index in [9.17, 15) is 5.11 Å². The van der Waals surface area contributed by atoms with Crippen LogP contribution in [0.1, 0.15) is 19.0 Å². The Morgan fingerprint density at radius 3 is 2.88 bits per heavy atom. The van der Waals surface area contributed by atoms with Crippen LogP contribution in [0.2, 0.25) is 0 Å². The fourth-order valence-corrected chi connectivity index (χ4v) is 1.84. The second-order valence-electron chi connectivity index (χ2n) is 3.37. The van der Waals surface area contributed by atoms with Crippen LogP contribution in [-0.2, 0) is 13.2 Å². The summed E-state index contributed by atoms with van der Waals surface area (Å²) in [6.45, 7) is 2.67. The van der Waals surface area contributed by atoms with Gasteiger partial charge in [-0.3, -0.25) is 0 Å². The van der Waals surface area contributed by atoms with Crippen molar-refractivity contribution in [2.24, 2.45) is 0 Å². The van der Waals surface area contributed by atoms with E-state index in [1.165, 1.54) is 0 Å². The van der Waals surface area contributed by atoms with Gasteiger partial charge < -0.3 is 9.52 Å². The molecule has 0 aromatic carbocycles. The molecule has 0 spiro atoms. The normalized spacial score (nSPS) is 10.9. The zero-order chi connectivity index (χ0) is 11.5. The van der Waals surface area contributed by atoms with Crippen molar-refractivity contribution in [2.45, 2.75) is 26.5 Å². The molecular formula is C10H12BrN3O2.